The van der Waals surface area contributed by atoms with Gasteiger partial charge in [-0.15, -0.1) is 0 Å². The summed E-state index contributed by atoms with van der Waals surface area (Å²) >= 11 is 12.4. The summed E-state index contributed by atoms with van der Waals surface area (Å²) in [6, 6.07) is 6.72. The lowest BCUT2D eigenvalue weighted by atomic mass is 10.1. The van der Waals surface area contributed by atoms with Crippen molar-refractivity contribution in [3.63, 3.8) is 0 Å². The zero-order valence-corrected chi connectivity index (χ0v) is 11.7. The number of nitrogens with zero attached hydrogens (tertiary/aromatic N) is 1. The van der Waals surface area contributed by atoms with Gasteiger partial charge in [-0.2, -0.15) is 0 Å². The molecule has 0 radical (unpaired) electrons. The van der Waals surface area contributed by atoms with Crippen molar-refractivity contribution in [2.45, 2.75) is 32.5 Å². The SMILES string of the molecule is CC1CN(Cc2c(Cl)cccc2Cl)CC(C)N1. The fraction of sp³-hybridized carbons (Fsp3) is 0.538. The van der Waals surface area contributed by atoms with Gasteiger partial charge in [0.2, 0.25) is 0 Å². The Morgan fingerprint density at radius 3 is 2.24 bits per heavy atom. The van der Waals surface area contributed by atoms with Crippen molar-refractivity contribution < 1.29 is 0 Å². The first kappa shape index (κ1) is 13.2. The number of benzene rings is 1. The second kappa shape index (κ2) is 5.57. The first-order valence-corrected chi connectivity index (χ1v) is 6.73. The molecular weight excluding hydrogens is 255 g/mol. The lowest BCUT2D eigenvalue weighted by molar-refractivity contribution is 0.166. The van der Waals surface area contributed by atoms with E-state index in [1.807, 2.05) is 18.2 Å². The van der Waals surface area contributed by atoms with Gasteiger partial charge in [-0.05, 0) is 26.0 Å². The van der Waals surface area contributed by atoms with Gasteiger partial charge < -0.3 is 5.32 Å². The summed E-state index contributed by atoms with van der Waals surface area (Å²) in [4.78, 5) is 2.40. The zero-order chi connectivity index (χ0) is 12.4. The highest BCUT2D eigenvalue weighted by Gasteiger charge is 2.22. The molecule has 1 aliphatic rings. The highest BCUT2D eigenvalue weighted by Crippen LogP contribution is 2.26. The Bertz CT molecular complexity index is 365. The van der Waals surface area contributed by atoms with E-state index in [9.17, 15) is 0 Å². The molecule has 1 fully saturated rings. The van der Waals surface area contributed by atoms with Gasteiger partial charge in [0.25, 0.3) is 0 Å². The van der Waals surface area contributed by atoms with Crippen LogP contribution in [0.4, 0.5) is 0 Å². The lowest BCUT2D eigenvalue weighted by Gasteiger charge is -2.36. The molecule has 2 unspecified atom stereocenters. The molecule has 0 saturated carbocycles. The van der Waals surface area contributed by atoms with Crippen molar-refractivity contribution >= 4 is 23.2 Å². The highest BCUT2D eigenvalue weighted by molar-refractivity contribution is 6.35. The van der Waals surface area contributed by atoms with Gasteiger partial charge in [0.1, 0.15) is 0 Å². The molecule has 1 aromatic carbocycles. The van der Waals surface area contributed by atoms with Crippen LogP contribution in [0.5, 0.6) is 0 Å². The fourth-order valence-electron chi connectivity index (χ4n) is 2.48. The number of rotatable bonds is 2. The normalized spacial score (nSPS) is 26.1. The van der Waals surface area contributed by atoms with Gasteiger partial charge in [0.05, 0.1) is 0 Å². The summed E-state index contributed by atoms with van der Waals surface area (Å²) in [6.07, 6.45) is 0. The Kier molecular flexibility index (Phi) is 4.31. The first-order valence-electron chi connectivity index (χ1n) is 5.97. The van der Waals surface area contributed by atoms with Crippen molar-refractivity contribution in [2.24, 2.45) is 0 Å². The van der Waals surface area contributed by atoms with Crippen LogP contribution in [0.15, 0.2) is 18.2 Å². The van der Waals surface area contributed by atoms with Gasteiger partial charge >= 0.3 is 0 Å². The van der Waals surface area contributed by atoms with Gasteiger partial charge in [-0.3, -0.25) is 4.90 Å². The number of hydrogen-bond acceptors (Lipinski definition) is 2. The van der Waals surface area contributed by atoms with Crippen molar-refractivity contribution in [3.05, 3.63) is 33.8 Å². The van der Waals surface area contributed by atoms with Gasteiger partial charge in [-0.1, -0.05) is 29.3 Å². The summed E-state index contributed by atoms with van der Waals surface area (Å²) < 4.78 is 0. The summed E-state index contributed by atoms with van der Waals surface area (Å²) in [5.74, 6) is 0. The van der Waals surface area contributed by atoms with E-state index in [-0.39, 0.29) is 0 Å². The smallest absolute Gasteiger partial charge is 0.0465 e. The maximum atomic E-state index is 6.19. The largest absolute Gasteiger partial charge is 0.309 e. The highest BCUT2D eigenvalue weighted by atomic mass is 35.5. The quantitative estimate of drug-likeness (QED) is 0.890. The van der Waals surface area contributed by atoms with Crippen LogP contribution in [0.25, 0.3) is 0 Å². The van der Waals surface area contributed by atoms with Crippen LogP contribution in [-0.4, -0.2) is 30.1 Å². The maximum absolute atomic E-state index is 6.19. The van der Waals surface area contributed by atoms with Crippen molar-refractivity contribution in [3.8, 4) is 0 Å². The number of hydrogen-bond donors (Lipinski definition) is 1. The summed E-state index contributed by atoms with van der Waals surface area (Å²) in [5.41, 5.74) is 1.04. The van der Waals surface area contributed by atoms with E-state index >= 15 is 0 Å². The minimum atomic E-state index is 0.514. The van der Waals surface area contributed by atoms with E-state index in [4.69, 9.17) is 23.2 Å². The predicted octanol–water partition coefficient (Wildman–Crippen LogP) is 3.18. The molecule has 4 heteroatoms. The first-order chi connectivity index (χ1) is 8.06. The van der Waals surface area contributed by atoms with Crippen molar-refractivity contribution in [1.29, 1.82) is 0 Å². The van der Waals surface area contributed by atoms with E-state index < -0.39 is 0 Å². The summed E-state index contributed by atoms with van der Waals surface area (Å²) in [5, 5.41) is 5.04. The molecule has 0 aromatic heterocycles. The number of nitrogens with one attached hydrogen (secondary N) is 1. The second-order valence-electron chi connectivity index (χ2n) is 4.86. The average Bonchev–Trinajstić information content (AvgIpc) is 2.22. The predicted molar refractivity (Wildman–Crippen MR) is 73.8 cm³/mol. The molecule has 1 aromatic rings. The van der Waals surface area contributed by atoms with Crippen LogP contribution in [0.1, 0.15) is 19.4 Å². The van der Waals surface area contributed by atoms with Crippen molar-refractivity contribution in [2.75, 3.05) is 13.1 Å². The molecule has 2 rings (SSSR count). The number of halogens is 2. The van der Waals surface area contributed by atoms with Gasteiger partial charge in [0.15, 0.2) is 0 Å². The lowest BCUT2D eigenvalue weighted by Crippen LogP contribution is -2.53. The molecule has 2 atom stereocenters. The van der Waals surface area contributed by atoms with Crippen LogP contribution in [0.2, 0.25) is 10.0 Å². The zero-order valence-electron chi connectivity index (χ0n) is 10.2. The molecule has 0 bridgehead atoms. The molecule has 94 valence electrons. The molecular formula is C13H18Cl2N2. The Hall–Kier alpha value is -0.280. The van der Waals surface area contributed by atoms with Crippen LogP contribution < -0.4 is 5.32 Å². The fourth-order valence-corrected chi connectivity index (χ4v) is 2.99. The third-order valence-corrected chi connectivity index (χ3v) is 3.78. The minimum absolute atomic E-state index is 0.514. The second-order valence-corrected chi connectivity index (χ2v) is 5.68. The summed E-state index contributed by atoms with van der Waals surface area (Å²) in [6.45, 7) is 7.31. The van der Waals surface area contributed by atoms with Gasteiger partial charge in [0, 0.05) is 47.3 Å². The molecule has 1 N–H and O–H groups in total. The molecule has 2 nitrogen and oxygen atoms in total. The Labute approximate surface area is 113 Å². The summed E-state index contributed by atoms with van der Waals surface area (Å²) in [7, 11) is 0. The Morgan fingerprint density at radius 2 is 1.71 bits per heavy atom. The molecule has 1 aliphatic heterocycles. The molecule has 17 heavy (non-hydrogen) atoms. The third kappa shape index (κ3) is 3.35. The minimum Gasteiger partial charge on any atom is -0.309 e. The monoisotopic (exact) mass is 272 g/mol. The number of piperazine rings is 1. The molecule has 1 saturated heterocycles. The van der Waals surface area contributed by atoms with Gasteiger partial charge in [-0.25, -0.2) is 0 Å². The van der Waals surface area contributed by atoms with Crippen molar-refractivity contribution in [1.82, 2.24) is 10.2 Å². The molecule has 1 heterocycles. The van der Waals surface area contributed by atoms with Crippen LogP contribution in [0, 0.1) is 0 Å². The van der Waals surface area contributed by atoms with E-state index in [2.05, 4.69) is 24.1 Å². The molecule has 0 aliphatic carbocycles. The molecule has 0 spiro atoms. The standard InChI is InChI=1S/C13H18Cl2N2/c1-9-6-17(7-10(2)16-9)8-11-12(14)4-3-5-13(11)15/h3-5,9-10,16H,6-8H2,1-2H3. The van der Waals surface area contributed by atoms with E-state index in [1.54, 1.807) is 0 Å². The van der Waals surface area contributed by atoms with Crippen LogP contribution in [0.3, 0.4) is 0 Å². The van der Waals surface area contributed by atoms with Crippen LogP contribution in [-0.2, 0) is 6.54 Å². The Morgan fingerprint density at radius 1 is 1.18 bits per heavy atom. The average molecular weight is 273 g/mol. The maximum Gasteiger partial charge on any atom is 0.0465 e. The Balaban J connectivity index is 2.10. The molecule has 0 amide bonds. The topological polar surface area (TPSA) is 15.3 Å². The third-order valence-electron chi connectivity index (χ3n) is 3.08. The van der Waals surface area contributed by atoms with E-state index in [0.717, 1.165) is 35.2 Å². The van der Waals surface area contributed by atoms with Crippen LogP contribution >= 0.6 is 23.2 Å². The van der Waals surface area contributed by atoms with E-state index in [1.165, 1.54) is 0 Å². The van der Waals surface area contributed by atoms with E-state index in [0.29, 0.717) is 12.1 Å².